The number of nitrogens with one attached hydrogen (secondary N) is 1. The van der Waals surface area contributed by atoms with Gasteiger partial charge in [-0.1, -0.05) is 17.7 Å². The summed E-state index contributed by atoms with van der Waals surface area (Å²) in [6.07, 6.45) is 2.01. The summed E-state index contributed by atoms with van der Waals surface area (Å²) in [7, 11) is -3.31. The van der Waals surface area contributed by atoms with E-state index in [1.807, 2.05) is 19.1 Å². The molecule has 2 aliphatic heterocycles. The predicted octanol–water partition coefficient (Wildman–Crippen LogP) is 1.79. The molecule has 2 unspecified atom stereocenters. The van der Waals surface area contributed by atoms with Gasteiger partial charge in [0.05, 0.1) is 4.90 Å². The highest BCUT2D eigenvalue weighted by Gasteiger charge is 2.37. The summed E-state index contributed by atoms with van der Waals surface area (Å²) >= 11 is 0. The fraction of sp³-hybridized carbons (Fsp3) is 0.571. The summed E-state index contributed by atoms with van der Waals surface area (Å²) in [4.78, 5) is 0.419. The molecule has 2 fully saturated rings. The maximum atomic E-state index is 12.6. The smallest absolute Gasteiger partial charge is 0.243 e. The molecule has 3 rings (SSSR count). The van der Waals surface area contributed by atoms with Crippen LogP contribution in [0.4, 0.5) is 0 Å². The lowest BCUT2D eigenvalue weighted by molar-refractivity contribution is 0.247. The molecule has 20 heavy (non-hydrogen) atoms. The van der Waals surface area contributed by atoms with E-state index in [1.54, 1.807) is 16.4 Å². The Kier molecular flexibility index (Phi) is 4.74. The number of aryl methyl sites for hydroxylation is 1. The normalized spacial score (nSPS) is 26.9. The summed E-state index contributed by atoms with van der Waals surface area (Å²) < 4.78 is 26.8. The zero-order valence-corrected chi connectivity index (χ0v) is 13.2. The summed E-state index contributed by atoms with van der Waals surface area (Å²) in [6.45, 7) is 4.28. The Morgan fingerprint density at radius 2 is 1.90 bits per heavy atom. The molecule has 2 heterocycles. The average Bonchev–Trinajstić information content (AvgIpc) is 2.86. The summed E-state index contributed by atoms with van der Waals surface area (Å²) in [5, 5.41) is 3.46. The molecular formula is C14H21ClN2O2S. The zero-order chi connectivity index (χ0) is 13.5. The molecule has 0 bridgehead atoms. The van der Waals surface area contributed by atoms with E-state index in [4.69, 9.17) is 0 Å². The third-order valence-corrected chi connectivity index (χ3v) is 6.16. The van der Waals surface area contributed by atoms with Gasteiger partial charge in [0, 0.05) is 19.1 Å². The van der Waals surface area contributed by atoms with Crippen LogP contribution in [0.15, 0.2) is 29.2 Å². The highest BCUT2D eigenvalue weighted by atomic mass is 35.5. The van der Waals surface area contributed by atoms with Crippen molar-refractivity contribution in [1.82, 2.24) is 9.62 Å². The fourth-order valence-corrected chi connectivity index (χ4v) is 4.60. The maximum Gasteiger partial charge on any atom is 0.243 e. The molecule has 2 atom stereocenters. The van der Waals surface area contributed by atoms with Gasteiger partial charge in [-0.25, -0.2) is 8.42 Å². The van der Waals surface area contributed by atoms with Crippen molar-refractivity contribution < 1.29 is 8.42 Å². The van der Waals surface area contributed by atoms with Crippen LogP contribution in [0, 0.1) is 12.8 Å². The molecule has 0 saturated carbocycles. The minimum absolute atomic E-state index is 0. The van der Waals surface area contributed by atoms with Gasteiger partial charge in [0.2, 0.25) is 10.0 Å². The van der Waals surface area contributed by atoms with Crippen molar-refractivity contribution in [3.05, 3.63) is 29.8 Å². The second-order valence-corrected chi connectivity index (χ2v) is 7.51. The van der Waals surface area contributed by atoms with E-state index in [2.05, 4.69) is 5.32 Å². The molecule has 1 N–H and O–H groups in total. The minimum atomic E-state index is -3.31. The van der Waals surface area contributed by atoms with Crippen LogP contribution in [0.1, 0.15) is 18.4 Å². The molecular weight excluding hydrogens is 296 g/mol. The summed E-state index contributed by atoms with van der Waals surface area (Å²) in [5.41, 5.74) is 1.08. The van der Waals surface area contributed by atoms with Gasteiger partial charge < -0.3 is 5.32 Å². The van der Waals surface area contributed by atoms with Crippen LogP contribution in [-0.2, 0) is 10.0 Å². The largest absolute Gasteiger partial charge is 0.314 e. The zero-order valence-electron chi connectivity index (χ0n) is 11.6. The Balaban J connectivity index is 0.00000147. The Hall–Kier alpha value is -0.620. The van der Waals surface area contributed by atoms with Crippen molar-refractivity contribution in [2.75, 3.05) is 19.6 Å². The number of nitrogens with zero attached hydrogens (tertiary/aromatic N) is 1. The van der Waals surface area contributed by atoms with Crippen molar-refractivity contribution >= 4 is 22.4 Å². The van der Waals surface area contributed by atoms with Crippen molar-refractivity contribution in [1.29, 1.82) is 0 Å². The van der Waals surface area contributed by atoms with Crippen LogP contribution in [0.5, 0.6) is 0 Å². The lowest BCUT2D eigenvalue weighted by atomic mass is 9.95. The first-order chi connectivity index (χ1) is 9.07. The Bertz CT molecular complexity index is 559. The second-order valence-electron chi connectivity index (χ2n) is 5.57. The van der Waals surface area contributed by atoms with Gasteiger partial charge in [0.1, 0.15) is 0 Å². The average molecular weight is 317 g/mol. The third kappa shape index (κ3) is 2.86. The first kappa shape index (κ1) is 15.8. The standard InChI is InChI=1S/C14H20N2O2S.ClH/c1-11-2-4-13(5-3-11)19(17,18)16-9-7-14-12(10-16)6-8-15-14;/h2-5,12,14-15H,6-10H2,1H3;1H. The summed E-state index contributed by atoms with van der Waals surface area (Å²) in [6, 6.07) is 7.66. The molecule has 6 heteroatoms. The molecule has 0 radical (unpaired) electrons. The van der Waals surface area contributed by atoms with Gasteiger partial charge in [-0.3, -0.25) is 0 Å². The van der Waals surface area contributed by atoms with E-state index in [1.165, 1.54) is 0 Å². The van der Waals surface area contributed by atoms with Crippen molar-refractivity contribution in [3.8, 4) is 0 Å². The minimum Gasteiger partial charge on any atom is -0.314 e. The quantitative estimate of drug-likeness (QED) is 0.905. The molecule has 0 amide bonds. The lowest BCUT2D eigenvalue weighted by Crippen LogP contribution is -2.46. The van der Waals surface area contributed by atoms with Crippen LogP contribution in [0.3, 0.4) is 0 Å². The van der Waals surface area contributed by atoms with E-state index in [9.17, 15) is 8.42 Å². The first-order valence-corrected chi connectivity index (χ1v) is 8.31. The molecule has 112 valence electrons. The molecule has 4 nitrogen and oxygen atoms in total. The van der Waals surface area contributed by atoms with E-state index >= 15 is 0 Å². The van der Waals surface area contributed by atoms with Gasteiger partial charge in [-0.05, 0) is 44.4 Å². The highest BCUT2D eigenvalue weighted by molar-refractivity contribution is 7.89. The number of piperidine rings is 1. The maximum absolute atomic E-state index is 12.6. The lowest BCUT2D eigenvalue weighted by Gasteiger charge is -2.34. The predicted molar refractivity (Wildman–Crippen MR) is 81.7 cm³/mol. The van der Waals surface area contributed by atoms with Crippen LogP contribution < -0.4 is 5.32 Å². The molecule has 0 aliphatic carbocycles. The second kappa shape index (κ2) is 6.02. The Morgan fingerprint density at radius 3 is 2.60 bits per heavy atom. The molecule has 1 aromatic rings. The van der Waals surface area contributed by atoms with Gasteiger partial charge in [0.25, 0.3) is 0 Å². The number of benzene rings is 1. The molecule has 0 aromatic heterocycles. The van der Waals surface area contributed by atoms with Crippen LogP contribution in [0.25, 0.3) is 0 Å². The summed E-state index contributed by atoms with van der Waals surface area (Å²) in [5.74, 6) is 0.481. The van der Waals surface area contributed by atoms with Gasteiger partial charge in [-0.2, -0.15) is 4.31 Å². The fourth-order valence-electron chi connectivity index (χ4n) is 3.09. The van der Waals surface area contributed by atoms with Crippen LogP contribution in [0.2, 0.25) is 0 Å². The van der Waals surface area contributed by atoms with Crippen molar-refractivity contribution in [2.45, 2.75) is 30.7 Å². The van der Waals surface area contributed by atoms with E-state index in [0.29, 0.717) is 29.9 Å². The molecule has 2 saturated heterocycles. The van der Waals surface area contributed by atoms with Crippen LogP contribution in [-0.4, -0.2) is 38.4 Å². The van der Waals surface area contributed by atoms with Crippen LogP contribution >= 0.6 is 12.4 Å². The van der Waals surface area contributed by atoms with Crippen molar-refractivity contribution in [3.63, 3.8) is 0 Å². The number of halogens is 1. The SMILES string of the molecule is Cc1ccc(S(=O)(=O)N2CCC3NCCC3C2)cc1.Cl. The van der Waals surface area contributed by atoms with E-state index < -0.39 is 10.0 Å². The number of hydrogen-bond acceptors (Lipinski definition) is 3. The first-order valence-electron chi connectivity index (χ1n) is 6.87. The Labute approximate surface area is 127 Å². The van der Waals surface area contributed by atoms with E-state index in [-0.39, 0.29) is 12.4 Å². The number of rotatable bonds is 2. The van der Waals surface area contributed by atoms with Crippen molar-refractivity contribution in [2.24, 2.45) is 5.92 Å². The third-order valence-electron chi connectivity index (χ3n) is 4.28. The van der Waals surface area contributed by atoms with Gasteiger partial charge in [0.15, 0.2) is 0 Å². The molecule has 0 spiro atoms. The molecule has 2 aliphatic rings. The monoisotopic (exact) mass is 316 g/mol. The number of hydrogen-bond donors (Lipinski definition) is 1. The number of sulfonamides is 1. The van der Waals surface area contributed by atoms with E-state index in [0.717, 1.165) is 24.9 Å². The Morgan fingerprint density at radius 1 is 1.20 bits per heavy atom. The molecule has 1 aromatic carbocycles. The van der Waals surface area contributed by atoms with Gasteiger partial charge in [-0.15, -0.1) is 12.4 Å². The topological polar surface area (TPSA) is 49.4 Å². The number of fused-ring (bicyclic) bond motifs is 1. The van der Waals surface area contributed by atoms with Gasteiger partial charge >= 0.3 is 0 Å². The highest BCUT2D eigenvalue weighted by Crippen LogP contribution is 2.28.